The van der Waals surface area contributed by atoms with Crippen LogP contribution in [0.2, 0.25) is 0 Å². The maximum absolute atomic E-state index is 12.1. The van der Waals surface area contributed by atoms with E-state index < -0.39 is 0 Å². The molecule has 1 saturated heterocycles. The van der Waals surface area contributed by atoms with Gasteiger partial charge in [-0.2, -0.15) is 11.8 Å². The molecule has 28 heavy (non-hydrogen) atoms. The first kappa shape index (κ1) is 27.0. The van der Waals surface area contributed by atoms with Gasteiger partial charge in [-0.3, -0.25) is 4.79 Å². The van der Waals surface area contributed by atoms with Crippen molar-refractivity contribution >= 4 is 35.1 Å². The summed E-state index contributed by atoms with van der Waals surface area (Å²) in [6, 6.07) is 4.02. The molecule has 0 atom stereocenters. The number of nitroso groups, excluding NO2 is 1. The lowest BCUT2D eigenvalue weighted by Crippen LogP contribution is -2.47. The highest BCUT2D eigenvalue weighted by Crippen LogP contribution is 2.30. The number of benzene rings is 1. The summed E-state index contributed by atoms with van der Waals surface area (Å²) >= 11 is 3.46. The van der Waals surface area contributed by atoms with Gasteiger partial charge in [-0.1, -0.05) is 27.7 Å². The van der Waals surface area contributed by atoms with Crippen molar-refractivity contribution in [3.63, 3.8) is 0 Å². The lowest BCUT2D eigenvalue weighted by molar-refractivity contribution is -0.129. The van der Waals surface area contributed by atoms with Crippen LogP contribution in [-0.2, 0) is 4.79 Å². The fourth-order valence-electron chi connectivity index (χ4n) is 2.67. The third-order valence-corrected chi connectivity index (χ3v) is 6.31. The molecule has 2 rings (SSSR count). The maximum atomic E-state index is 12.1. The van der Waals surface area contributed by atoms with Crippen molar-refractivity contribution in [2.75, 3.05) is 50.5 Å². The van der Waals surface area contributed by atoms with Gasteiger partial charge in [0.05, 0.1) is 5.75 Å². The number of carbonyl (C=O) groups is 1. The van der Waals surface area contributed by atoms with Crippen molar-refractivity contribution in [2.45, 2.75) is 46.4 Å². The molecule has 0 saturated carbocycles. The Morgan fingerprint density at radius 1 is 1.00 bits per heavy atom. The molecule has 1 aliphatic heterocycles. The Bertz CT molecular complexity index is 566. The Hall–Kier alpha value is -1.05. The van der Waals surface area contributed by atoms with Gasteiger partial charge in [0.1, 0.15) is 5.69 Å². The van der Waals surface area contributed by atoms with Crippen LogP contribution in [0.3, 0.4) is 0 Å². The van der Waals surface area contributed by atoms with Gasteiger partial charge in [-0.25, -0.2) is 0 Å². The van der Waals surface area contributed by atoms with Gasteiger partial charge in [0.15, 0.2) is 0 Å². The van der Waals surface area contributed by atoms with E-state index in [9.17, 15) is 9.70 Å². The van der Waals surface area contributed by atoms with E-state index in [1.807, 2.05) is 58.6 Å². The highest BCUT2D eigenvalue weighted by molar-refractivity contribution is 8.03. The minimum absolute atomic E-state index is 0.256. The number of aryl methyl sites for hydroxylation is 2. The number of hydrogen-bond donors (Lipinski definition) is 0. The van der Waals surface area contributed by atoms with Gasteiger partial charge in [0.2, 0.25) is 5.91 Å². The van der Waals surface area contributed by atoms with Crippen LogP contribution >= 0.6 is 23.5 Å². The number of carbonyl (C=O) groups excluding carboxylic acids is 1. The predicted octanol–water partition coefficient (Wildman–Crippen LogP) is 5.35. The fourth-order valence-corrected chi connectivity index (χ4v) is 4.73. The van der Waals surface area contributed by atoms with Crippen molar-refractivity contribution in [1.82, 2.24) is 9.80 Å². The summed E-state index contributed by atoms with van der Waals surface area (Å²) in [6.07, 6.45) is 0. The number of nitrogens with zero attached hydrogens (tertiary/aromatic N) is 3. The molecule has 160 valence electrons. The van der Waals surface area contributed by atoms with E-state index >= 15 is 0 Å². The van der Waals surface area contributed by atoms with Crippen LogP contribution in [0.5, 0.6) is 0 Å². The second kappa shape index (κ2) is 15.8. The Morgan fingerprint density at radius 2 is 1.54 bits per heavy atom. The largest absolute Gasteiger partial charge is 0.339 e. The van der Waals surface area contributed by atoms with Crippen molar-refractivity contribution < 1.29 is 4.79 Å². The molecule has 0 N–H and O–H groups in total. The molecule has 0 spiro atoms. The molecule has 0 unspecified atom stereocenters. The van der Waals surface area contributed by atoms with Crippen LogP contribution in [-0.4, -0.2) is 66.2 Å². The summed E-state index contributed by atoms with van der Waals surface area (Å²) in [5.41, 5.74) is 2.39. The zero-order chi connectivity index (χ0) is 21.5. The molecule has 5 nitrogen and oxygen atoms in total. The Labute approximate surface area is 180 Å². The highest BCUT2D eigenvalue weighted by atomic mass is 32.2. The second-order valence-corrected chi connectivity index (χ2v) is 8.36. The van der Waals surface area contributed by atoms with Crippen LogP contribution in [0.15, 0.2) is 22.2 Å². The van der Waals surface area contributed by atoms with E-state index in [0.717, 1.165) is 53.7 Å². The summed E-state index contributed by atoms with van der Waals surface area (Å²) < 4.78 is 0. The average molecular weight is 428 g/mol. The Morgan fingerprint density at radius 3 is 2.04 bits per heavy atom. The van der Waals surface area contributed by atoms with Crippen molar-refractivity contribution in [3.8, 4) is 0 Å². The summed E-state index contributed by atoms with van der Waals surface area (Å²) in [6.45, 7) is 15.5. The summed E-state index contributed by atoms with van der Waals surface area (Å²) in [5.74, 6) is 2.71. The van der Waals surface area contributed by atoms with Crippen LogP contribution < -0.4 is 0 Å². The van der Waals surface area contributed by atoms with E-state index in [-0.39, 0.29) is 5.91 Å². The quantitative estimate of drug-likeness (QED) is 0.333. The number of likely N-dealkylation sites (N-methyl/N-ethyl adjacent to an activating group) is 1. The molecule has 0 aliphatic carbocycles. The zero-order valence-corrected chi connectivity index (χ0v) is 20.2. The first-order valence-corrected chi connectivity index (χ1v) is 12.3. The first-order valence-electron chi connectivity index (χ1n) is 10.1. The van der Waals surface area contributed by atoms with Crippen LogP contribution in [0.4, 0.5) is 5.69 Å². The van der Waals surface area contributed by atoms with E-state index in [1.54, 1.807) is 23.5 Å². The highest BCUT2D eigenvalue weighted by Gasteiger charge is 2.18. The third-order valence-electron chi connectivity index (χ3n) is 4.13. The summed E-state index contributed by atoms with van der Waals surface area (Å²) in [5, 5.41) is 3.08. The lowest BCUT2D eigenvalue weighted by Gasteiger charge is -2.32. The summed E-state index contributed by atoms with van der Waals surface area (Å²) in [7, 11) is 2.09. The molecule has 0 radical (unpaired) electrons. The molecule has 7 heteroatoms. The van der Waals surface area contributed by atoms with Crippen molar-refractivity contribution in [1.29, 1.82) is 0 Å². The molecule has 1 aromatic carbocycles. The van der Waals surface area contributed by atoms with Gasteiger partial charge >= 0.3 is 0 Å². The number of thioether (sulfide) groups is 2. The molecular formula is C21H37N3O2S2. The standard InChI is InChI=1S/C17H25N3O2S2.2C2H6/c1-13-10-15(11-14(2)17(13)18-22)24-9-8-23-12-16(21)20-6-4-19(3)5-7-20;2*1-2/h10-11H,4-9,12H2,1-3H3;2*1-2H3. The van der Waals surface area contributed by atoms with Gasteiger partial charge in [0.25, 0.3) is 0 Å². The number of amides is 1. The molecular weight excluding hydrogens is 390 g/mol. The number of rotatable bonds is 7. The van der Waals surface area contributed by atoms with Gasteiger partial charge in [-0.05, 0) is 49.3 Å². The molecule has 1 aromatic rings. The lowest BCUT2D eigenvalue weighted by atomic mass is 10.1. The minimum atomic E-state index is 0.256. The molecule has 1 fully saturated rings. The molecule has 0 aromatic heterocycles. The number of piperazine rings is 1. The van der Waals surface area contributed by atoms with Crippen LogP contribution in [0.1, 0.15) is 38.8 Å². The van der Waals surface area contributed by atoms with Gasteiger partial charge in [-0.15, -0.1) is 16.7 Å². The van der Waals surface area contributed by atoms with E-state index in [2.05, 4.69) is 17.1 Å². The van der Waals surface area contributed by atoms with Crippen molar-refractivity contribution in [2.24, 2.45) is 5.18 Å². The smallest absolute Gasteiger partial charge is 0.232 e. The molecule has 1 amide bonds. The predicted molar refractivity (Wildman–Crippen MR) is 126 cm³/mol. The third kappa shape index (κ3) is 9.43. The topological polar surface area (TPSA) is 53.0 Å². The Kier molecular flexibility index (Phi) is 15.2. The SMILES string of the molecule is CC.CC.Cc1cc(SCCSCC(=O)N2CCN(C)CC2)cc(C)c1N=O. The van der Waals surface area contributed by atoms with Crippen LogP contribution in [0, 0.1) is 18.8 Å². The van der Waals surface area contributed by atoms with E-state index in [4.69, 9.17) is 0 Å². The normalized spacial score (nSPS) is 13.8. The van der Waals surface area contributed by atoms with Gasteiger partial charge in [0, 0.05) is 42.6 Å². The fraction of sp³-hybridized carbons (Fsp3) is 0.667. The zero-order valence-electron chi connectivity index (χ0n) is 18.6. The van der Waals surface area contributed by atoms with E-state index in [1.165, 1.54) is 0 Å². The maximum Gasteiger partial charge on any atom is 0.232 e. The second-order valence-electron chi connectivity index (χ2n) is 6.08. The first-order chi connectivity index (χ1) is 13.5. The molecule has 1 heterocycles. The average Bonchev–Trinajstić information content (AvgIpc) is 2.71. The molecule has 0 bridgehead atoms. The Balaban J connectivity index is 0.00000171. The summed E-state index contributed by atoms with van der Waals surface area (Å²) in [4.78, 5) is 28.3. The van der Waals surface area contributed by atoms with Crippen molar-refractivity contribution in [3.05, 3.63) is 28.2 Å². The van der Waals surface area contributed by atoms with Gasteiger partial charge < -0.3 is 9.80 Å². The minimum Gasteiger partial charge on any atom is -0.339 e. The monoisotopic (exact) mass is 427 g/mol. The van der Waals surface area contributed by atoms with Crippen LogP contribution in [0.25, 0.3) is 0 Å². The molecule has 1 aliphatic rings. The van der Waals surface area contributed by atoms with E-state index in [0.29, 0.717) is 11.4 Å². The number of hydrogen-bond acceptors (Lipinski definition) is 6.